The molecule has 6 heteroatoms. The van der Waals surface area contributed by atoms with E-state index >= 15 is 4.79 Å². The third-order valence-corrected chi connectivity index (χ3v) is 66.0. The Kier molecular flexibility index (Phi) is 12.2. The van der Waals surface area contributed by atoms with Crippen LogP contribution in [-0.2, 0) is 9.22 Å². The van der Waals surface area contributed by atoms with Crippen molar-refractivity contribution in [3.8, 4) is 0 Å². The minimum atomic E-state index is -4.42. The lowest BCUT2D eigenvalue weighted by atomic mass is 10.3. The van der Waals surface area contributed by atoms with Crippen LogP contribution in [0.2, 0.25) is 0 Å². The first-order valence-corrected chi connectivity index (χ1v) is 32.8. The molecule has 0 atom stereocenters. The molecule has 0 aliphatic carbocycles. The molecule has 0 unspecified atom stereocenters. The largest absolute Gasteiger partial charge is 0.521 e. The van der Waals surface area contributed by atoms with E-state index < -0.39 is 29.6 Å². The van der Waals surface area contributed by atoms with Crippen LogP contribution in [0, 0.1) is 0 Å². The molecule has 0 heterocycles. The van der Waals surface area contributed by atoms with Gasteiger partial charge < -0.3 is 4.43 Å². The fourth-order valence-electron chi connectivity index (χ4n) is 10.8. The van der Waals surface area contributed by atoms with E-state index in [4.69, 9.17) is 4.43 Å². The van der Waals surface area contributed by atoms with Crippen molar-refractivity contribution in [1.82, 2.24) is 0 Å². The molecule has 0 N–H and O–H groups in total. The first-order chi connectivity index (χ1) is 31.5. The average molecular weight is 891 g/mol. The van der Waals surface area contributed by atoms with Gasteiger partial charge in [-0.15, -0.1) is 0 Å². The highest BCUT2D eigenvalue weighted by molar-refractivity contribution is 8.01. The van der Waals surface area contributed by atoms with Gasteiger partial charge >= 0.3 is 5.97 Å². The zero-order valence-corrected chi connectivity index (χ0v) is 40.0. The predicted octanol–water partition coefficient (Wildman–Crippen LogP) is 6.80. The Morgan fingerprint density at radius 2 is 0.438 bits per heavy atom. The van der Waals surface area contributed by atoms with E-state index in [9.17, 15) is 0 Å². The van der Waals surface area contributed by atoms with Crippen LogP contribution in [0.5, 0.6) is 0 Å². The van der Waals surface area contributed by atoms with Crippen LogP contribution in [-0.4, -0.2) is 35.6 Å². The van der Waals surface area contributed by atoms with Gasteiger partial charge in [0, 0.05) is 5.57 Å². The summed E-state index contributed by atoms with van der Waals surface area (Å²) in [5.41, 5.74) is 0.378. The highest BCUT2D eigenvalue weighted by Gasteiger charge is 2.84. The van der Waals surface area contributed by atoms with Gasteiger partial charge in [-0.05, 0) is 53.6 Å². The van der Waals surface area contributed by atoms with E-state index in [2.05, 4.69) is 280 Å². The zero-order valence-electron chi connectivity index (χ0n) is 36.0. The second-order valence-electron chi connectivity index (χ2n) is 16.4. The molecule has 9 aromatic rings. The maximum Gasteiger partial charge on any atom is 0.319 e. The Labute approximate surface area is 381 Å². The molecule has 0 bridgehead atoms. The smallest absolute Gasteiger partial charge is 0.319 e. The van der Waals surface area contributed by atoms with E-state index in [0.29, 0.717) is 5.57 Å². The quantitative estimate of drug-likeness (QED) is 0.0684. The van der Waals surface area contributed by atoms with Crippen LogP contribution >= 0.6 is 0 Å². The Morgan fingerprint density at radius 1 is 0.297 bits per heavy atom. The molecule has 0 saturated heterocycles. The number of hydrogen-bond donors (Lipinski definition) is 0. The lowest BCUT2D eigenvalue weighted by molar-refractivity contribution is -0.130. The van der Waals surface area contributed by atoms with Crippen LogP contribution in [0.4, 0.5) is 0 Å². The van der Waals surface area contributed by atoms with Crippen LogP contribution < -0.4 is 46.7 Å². The van der Waals surface area contributed by atoms with Gasteiger partial charge in [-0.1, -0.05) is 280 Å². The zero-order chi connectivity index (χ0) is 43.9. The van der Waals surface area contributed by atoms with Crippen molar-refractivity contribution in [3.63, 3.8) is 0 Å². The Bertz CT molecular complexity index is 2330. The van der Waals surface area contributed by atoms with Crippen LogP contribution in [0.25, 0.3) is 0 Å². The summed E-state index contributed by atoms with van der Waals surface area (Å²) in [6.07, 6.45) is 0. The average Bonchev–Trinajstić information content (AvgIpc) is 3.37. The highest BCUT2D eigenvalue weighted by Crippen LogP contribution is 2.39. The van der Waals surface area contributed by atoms with Crippen molar-refractivity contribution in [1.29, 1.82) is 0 Å². The molecular formula is C58H50O2Si4. The molecule has 64 heavy (non-hydrogen) atoms. The van der Waals surface area contributed by atoms with Crippen molar-refractivity contribution in [3.05, 3.63) is 285 Å². The SMILES string of the molecule is C=C(C)C(=O)O[Si]([Si](c1ccccc1)(c1ccccc1)c1ccccc1)([Si](c1ccccc1)(c1ccccc1)c1ccccc1)[Si](c1ccccc1)(c1ccccc1)c1ccccc1. The fraction of sp³-hybridized carbons (Fsp3) is 0.0172. The van der Waals surface area contributed by atoms with Gasteiger partial charge in [-0.2, -0.15) is 0 Å². The first kappa shape index (κ1) is 42.4. The summed E-state index contributed by atoms with van der Waals surface area (Å²) in [7, 11) is -11.7. The van der Waals surface area contributed by atoms with Crippen molar-refractivity contribution < 1.29 is 9.22 Å². The maximum absolute atomic E-state index is 16.2. The van der Waals surface area contributed by atoms with Crippen molar-refractivity contribution >= 4 is 82.3 Å². The molecule has 0 saturated carbocycles. The Balaban J connectivity index is 1.78. The molecule has 2 nitrogen and oxygen atoms in total. The van der Waals surface area contributed by atoms with Crippen LogP contribution in [0.1, 0.15) is 6.92 Å². The molecule has 0 fully saturated rings. The fourth-order valence-corrected chi connectivity index (χ4v) is 87.6. The van der Waals surface area contributed by atoms with Crippen LogP contribution in [0.3, 0.4) is 0 Å². The van der Waals surface area contributed by atoms with Gasteiger partial charge in [0.15, 0.2) is 22.8 Å². The normalized spacial score (nSPS) is 12.0. The van der Waals surface area contributed by atoms with Gasteiger partial charge in [-0.3, -0.25) is 0 Å². The van der Waals surface area contributed by atoms with E-state index in [1.54, 1.807) is 0 Å². The van der Waals surface area contributed by atoms with Crippen molar-refractivity contribution in [2.75, 3.05) is 0 Å². The number of rotatable bonds is 14. The summed E-state index contributed by atoms with van der Waals surface area (Å²) < 4.78 is 8.67. The number of carbonyl (C=O) groups is 1. The molecule has 9 aromatic carbocycles. The van der Waals surface area contributed by atoms with Crippen molar-refractivity contribution in [2.24, 2.45) is 0 Å². The maximum atomic E-state index is 16.2. The Morgan fingerprint density at radius 3 is 0.562 bits per heavy atom. The minimum absolute atomic E-state index is 0.356. The summed E-state index contributed by atoms with van der Waals surface area (Å²) in [5, 5.41) is 10.8. The summed E-state index contributed by atoms with van der Waals surface area (Å²) in [5.74, 6) is -0.356. The van der Waals surface area contributed by atoms with Gasteiger partial charge in [-0.25, -0.2) is 4.79 Å². The van der Waals surface area contributed by atoms with E-state index in [1.165, 1.54) is 46.7 Å². The second-order valence-corrected chi connectivity index (χ2v) is 45.2. The summed E-state index contributed by atoms with van der Waals surface area (Å²) >= 11 is 0. The topological polar surface area (TPSA) is 26.3 Å². The first-order valence-electron chi connectivity index (χ1n) is 21.9. The molecule has 0 spiro atoms. The lowest BCUT2D eigenvalue weighted by Crippen LogP contribution is -3.09. The van der Waals surface area contributed by atoms with Gasteiger partial charge in [0.25, 0.3) is 6.87 Å². The molecule has 0 amide bonds. The minimum Gasteiger partial charge on any atom is -0.521 e. The van der Waals surface area contributed by atoms with Crippen molar-refractivity contribution in [2.45, 2.75) is 6.92 Å². The molecule has 0 aromatic heterocycles. The number of carbonyl (C=O) groups excluding carboxylic acids is 1. The monoisotopic (exact) mass is 890 g/mol. The molecule has 9 rings (SSSR count). The third kappa shape index (κ3) is 6.69. The number of hydrogen-bond acceptors (Lipinski definition) is 2. The predicted molar refractivity (Wildman–Crippen MR) is 279 cm³/mol. The van der Waals surface area contributed by atoms with Gasteiger partial charge in [0.2, 0.25) is 0 Å². The molecule has 0 aliphatic heterocycles. The second kappa shape index (κ2) is 18.4. The van der Waals surface area contributed by atoms with E-state index in [-0.39, 0.29) is 5.97 Å². The third-order valence-electron chi connectivity index (χ3n) is 13.0. The highest BCUT2D eigenvalue weighted by atomic mass is 29.9. The molecule has 310 valence electrons. The lowest BCUT2D eigenvalue weighted by Gasteiger charge is -2.63. The molecule has 0 radical (unpaired) electrons. The van der Waals surface area contributed by atoms with Gasteiger partial charge in [0.1, 0.15) is 0 Å². The standard InChI is InChI=1S/C58H50O2Si4/c1-48(2)58(59)60-64(61(49-30-12-3-13-31-49,50-32-14-4-15-33-50)51-34-16-5-17-35-51,62(52-36-18-6-19-37-52,53-38-20-7-21-39-53)54-40-22-8-23-41-54)63(55-42-24-9-25-43-55,56-44-26-10-27-45-56)57-46-28-11-29-47-57/h3-47H,1H2,2H3. The van der Waals surface area contributed by atoms with Gasteiger partial charge in [0.05, 0.1) is 0 Å². The molecular weight excluding hydrogens is 841 g/mol. The number of benzene rings is 9. The summed E-state index contributed by atoms with van der Waals surface area (Å²) in [4.78, 5) is 16.2. The Hall–Kier alpha value is -6.94. The summed E-state index contributed by atoms with van der Waals surface area (Å²) in [6.45, 7) is 1.84. The van der Waals surface area contributed by atoms with Crippen LogP contribution in [0.15, 0.2) is 285 Å². The van der Waals surface area contributed by atoms with E-state index in [1.807, 2.05) is 6.92 Å². The summed E-state index contributed by atoms with van der Waals surface area (Å²) in [6, 6.07) is 101. The molecule has 0 aliphatic rings. The van der Waals surface area contributed by atoms with E-state index in [0.717, 1.165) is 0 Å².